The highest BCUT2D eigenvalue weighted by Gasteiger charge is 2.31. The smallest absolute Gasteiger partial charge is 0.274 e. The molecule has 1 unspecified atom stereocenters. The number of piperidine rings is 1. The first-order valence-corrected chi connectivity index (χ1v) is 8.86. The predicted octanol–water partition coefficient (Wildman–Crippen LogP) is 2.23. The largest absolute Gasteiger partial charge is 0.336 e. The lowest BCUT2D eigenvalue weighted by molar-refractivity contribution is 0.0701. The van der Waals surface area contributed by atoms with Crippen molar-refractivity contribution < 1.29 is 4.79 Å². The molecule has 2 aliphatic rings. The summed E-state index contributed by atoms with van der Waals surface area (Å²) in [7, 11) is 0. The predicted molar refractivity (Wildman–Crippen MR) is 93.4 cm³/mol. The molecule has 5 nitrogen and oxygen atoms in total. The maximum absolute atomic E-state index is 13.0. The Kier molecular flexibility index (Phi) is 3.88. The monoisotopic (exact) mass is 324 g/mol. The number of aromatic nitrogens is 2. The zero-order chi connectivity index (χ0) is 16.7. The normalized spacial score (nSPS) is 20.2. The molecular weight excluding hydrogens is 300 g/mol. The third kappa shape index (κ3) is 2.63. The molecule has 126 valence electrons. The molecule has 2 heterocycles. The van der Waals surface area contributed by atoms with Crippen LogP contribution in [0.3, 0.4) is 0 Å². The molecule has 2 N–H and O–H groups in total. The lowest BCUT2D eigenvalue weighted by Gasteiger charge is -2.30. The van der Waals surface area contributed by atoms with Crippen molar-refractivity contribution in [2.75, 3.05) is 13.1 Å². The number of benzene rings is 1. The first-order valence-electron chi connectivity index (χ1n) is 8.86. The molecule has 1 aromatic carbocycles. The minimum absolute atomic E-state index is 0.0501. The highest BCUT2D eigenvalue weighted by molar-refractivity contribution is 5.94. The zero-order valence-corrected chi connectivity index (χ0v) is 14.2. The van der Waals surface area contributed by atoms with E-state index in [2.05, 4.69) is 31.2 Å². The van der Waals surface area contributed by atoms with Crippen LogP contribution >= 0.6 is 0 Å². The zero-order valence-electron chi connectivity index (χ0n) is 14.2. The molecule has 1 amide bonds. The summed E-state index contributed by atoms with van der Waals surface area (Å²) in [5, 5.41) is 4.72. The molecule has 0 saturated carbocycles. The number of hydrogen-bond donors (Lipinski definition) is 1. The van der Waals surface area contributed by atoms with E-state index >= 15 is 0 Å². The number of nitrogens with two attached hydrogens (primary N) is 1. The van der Waals surface area contributed by atoms with Gasteiger partial charge in [-0.3, -0.25) is 4.79 Å². The van der Waals surface area contributed by atoms with Crippen LogP contribution in [-0.2, 0) is 12.8 Å². The van der Waals surface area contributed by atoms with Crippen molar-refractivity contribution in [2.45, 2.75) is 45.1 Å². The van der Waals surface area contributed by atoms with Gasteiger partial charge in [0.25, 0.3) is 5.91 Å². The summed E-state index contributed by atoms with van der Waals surface area (Å²) in [5.41, 5.74) is 11.3. The van der Waals surface area contributed by atoms with Crippen LogP contribution < -0.4 is 5.73 Å². The van der Waals surface area contributed by atoms with Gasteiger partial charge in [0, 0.05) is 30.4 Å². The van der Waals surface area contributed by atoms with E-state index in [0.29, 0.717) is 12.2 Å². The summed E-state index contributed by atoms with van der Waals surface area (Å²) < 4.78 is 1.97. The van der Waals surface area contributed by atoms with E-state index in [1.807, 2.05) is 9.58 Å². The van der Waals surface area contributed by atoms with E-state index in [1.165, 1.54) is 11.3 Å². The Morgan fingerprint density at radius 1 is 1.21 bits per heavy atom. The SMILES string of the molecule is Cc1ccc(-n2nc(C(=O)N3CCCC(N)C3)c3c2CCC3)cc1. The van der Waals surface area contributed by atoms with Crippen LogP contribution in [0, 0.1) is 6.92 Å². The molecule has 1 aromatic heterocycles. The Morgan fingerprint density at radius 3 is 2.75 bits per heavy atom. The number of fused-ring (bicyclic) bond motifs is 1. The molecule has 0 spiro atoms. The van der Waals surface area contributed by atoms with Gasteiger partial charge in [-0.05, 0) is 51.2 Å². The Balaban J connectivity index is 1.70. The third-order valence-corrected chi connectivity index (χ3v) is 5.16. The van der Waals surface area contributed by atoms with Crippen molar-refractivity contribution in [2.24, 2.45) is 5.73 Å². The average Bonchev–Trinajstić information content (AvgIpc) is 3.17. The Bertz CT molecular complexity index is 762. The minimum Gasteiger partial charge on any atom is -0.336 e. The number of carbonyl (C=O) groups excluding carboxylic acids is 1. The van der Waals surface area contributed by atoms with Crippen molar-refractivity contribution in [3.63, 3.8) is 0 Å². The quantitative estimate of drug-likeness (QED) is 0.921. The lowest BCUT2D eigenvalue weighted by atomic mass is 10.1. The molecule has 0 bridgehead atoms. The van der Waals surface area contributed by atoms with Gasteiger partial charge in [0.15, 0.2) is 5.69 Å². The van der Waals surface area contributed by atoms with Gasteiger partial charge in [0.1, 0.15) is 0 Å². The van der Waals surface area contributed by atoms with Gasteiger partial charge >= 0.3 is 0 Å². The number of hydrogen-bond acceptors (Lipinski definition) is 3. The number of likely N-dealkylation sites (tertiary alicyclic amines) is 1. The summed E-state index contributed by atoms with van der Waals surface area (Å²) >= 11 is 0. The van der Waals surface area contributed by atoms with E-state index in [9.17, 15) is 4.79 Å². The van der Waals surface area contributed by atoms with E-state index in [4.69, 9.17) is 10.8 Å². The van der Waals surface area contributed by atoms with E-state index < -0.39 is 0 Å². The maximum Gasteiger partial charge on any atom is 0.274 e. The van der Waals surface area contributed by atoms with Crippen molar-refractivity contribution in [1.82, 2.24) is 14.7 Å². The number of rotatable bonds is 2. The minimum atomic E-state index is 0.0501. The van der Waals surface area contributed by atoms with Crippen molar-refractivity contribution in [1.29, 1.82) is 0 Å². The molecular formula is C19H24N4O. The van der Waals surface area contributed by atoms with Gasteiger partial charge in [0.05, 0.1) is 5.69 Å². The van der Waals surface area contributed by atoms with Crippen LogP contribution in [0.15, 0.2) is 24.3 Å². The fraction of sp³-hybridized carbons (Fsp3) is 0.474. The van der Waals surface area contributed by atoms with Gasteiger partial charge in [-0.15, -0.1) is 0 Å². The molecule has 1 aliphatic carbocycles. The van der Waals surface area contributed by atoms with Crippen LogP contribution in [0.2, 0.25) is 0 Å². The Hall–Kier alpha value is -2.14. The van der Waals surface area contributed by atoms with E-state index in [1.54, 1.807) is 0 Å². The molecule has 1 atom stereocenters. The number of aryl methyl sites for hydroxylation is 1. The standard InChI is InChI=1S/C19H24N4O/c1-13-7-9-15(10-8-13)23-17-6-2-5-16(17)18(21-23)19(24)22-11-3-4-14(20)12-22/h7-10,14H,2-6,11-12,20H2,1H3. The van der Waals surface area contributed by atoms with E-state index in [-0.39, 0.29) is 11.9 Å². The summed E-state index contributed by atoms with van der Waals surface area (Å²) in [6.45, 7) is 3.51. The van der Waals surface area contributed by atoms with Crippen LogP contribution in [0.4, 0.5) is 0 Å². The summed E-state index contributed by atoms with van der Waals surface area (Å²) in [6, 6.07) is 8.42. The highest BCUT2D eigenvalue weighted by Crippen LogP contribution is 2.29. The van der Waals surface area contributed by atoms with Crippen molar-refractivity contribution >= 4 is 5.91 Å². The second-order valence-electron chi connectivity index (χ2n) is 7.03. The second kappa shape index (κ2) is 6.06. The third-order valence-electron chi connectivity index (χ3n) is 5.16. The Morgan fingerprint density at radius 2 is 2.00 bits per heavy atom. The maximum atomic E-state index is 13.0. The van der Waals surface area contributed by atoms with Crippen LogP contribution in [0.5, 0.6) is 0 Å². The lowest BCUT2D eigenvalue weighted by Crippen LogP contribution is -2.46. The van der Waals surface area contributed by atoms with Gasteiger partial charge in [0.2, 0.25) is 0 Å². The first-order chi connectivity index (χ1) is 11.6. The van der Waals surface area contributed by atoms with Gasteiger partial charge < -0.3 is 10.6 Å². The fourth-order valence-corrected chi connectivity index (χ4v) is 3.85. The molecule has 1 aliphatic heterocycles. The molecule has 1 fully saturated rings. The number of nitrogens with zero attached hydrogens (tertiary/aromatic N) is 3. The van der Waals surface area contributed by atoms with Gasteiger partial charge in [-0.1, -0.05) is 17.7 Å². The summed E-state index contributed by atoms with van der Waals surface area (Å²) in [5.74, 6) is 0.0501. The summed E-state index contributed by atoms with van der Waals surface area (Å²) in [4.78, 5) is 14.9. The van der Waals surface area contributed by atoms with Crippen molar-refractivity contribution in [3.8, 4) is 5.69 Å². The molecule has 1 saturated heterocycles. The summed E-state index contributed by atoms with van der Waals surface area (Å²) in [6.07, 6.45) is 5.01. The molecule has 5 heteroatoms. The molecule has 2 aromatic rings. The fourth-order valence-electron chi connectivity index (χ4n) is 3.85. The van der Waals surface area contributed by atoms with Crippen LogP contribution in [0.25, 0.3) is 5.69 Å². The van der Waals surface area contributed by atoms with Crippen molar-refractivity contribution in [3.05, 3.63) is 46.8 Å². The van der Waals surface area contributed by atoms with Gasteiger partial charge in [-0.2, -0.15) is 5.10 Å². The van der Waals surface area contributed by atoms with E-state index in [0.717, 1.165) is 49.9 Å². The second-order valence-corrected chi connectivity index (χ2v) is 7.03. The first kappa shape index (κ1) is 15.4. The molecule has 0 radical (unpaired) electrons. The van der Waals surface area contributed by atoms with Gasteiger partial charge in [-0.25, -0.2) is 4.68 Å². The topological polar surface area (TPSA) is 64.2 Å². The van der Waals surface area contributed by atoms with Crippen LogP contribution in [-0.4, -0.2) is 39.7 Å². The number of carbonyl (C=O) groups is 1. The molecule has 4 rings (SSSR count). The van der Waals surface area contributed by atoms with Crippen LogP contribution in [0.1, 0.15) is 46.6 Å². The highest BCUT2D eigenvalue weighted by atomic mass is 16.2. The average molecular weight is 324 g/mol. The molecule has 24 heavy (non-hydrogen) atoms. The Labute approximate surface area is 142 Å². The number of amides is 1.